The van der Waals surface area contributed by atoms with Gasteiger partial charge in [-0.1, -0.05) is 52.3 Å². The van der Waals surface area contributed by atoms with Crippen molar-refractivity contribution < 1.29 is 8.78 Å². The minimum Gasteiger partial charge on any atom is -0.207 e. The third-order valence-corrected chi connectivity index (χ3v) is 5.01. The van der Waals surface area contributed by atoms with Gasteiger partial charge in [-0.15, -0.1) is 0 Å². The van der Waals surface area contributed by atoms with Crippen LogP contribution in [0.15, 0.2) is 59.1 Å². The molecule has 4 heteroatoms. The smallest absolute Gasteiger partial charge is 0.137 e. The second-order valence-corrected chi connectivity index (χ2v) is 6.53. The van der Waals surface area contributed by atoms with Crippen LogP contribution >= 0.6 is 31.9 Å². The van der Waals surface area contributed by atoms with Gasteiger partial charge in [-0.25, -0.2) is 8.78 Å². The molecule has 0 fully saturated rings. The maximum absolute atomic E-state index is 14.1. The average molecular weight is 412 g/mol. The van der Waals surface area contributed by atoms with E-state index >= 15 is 0 Å². The number of hydrogen-bond acceptors (Lipinski definition) is 0. The van der Waals surface area contributed by atoms with Gasteiger partial charge in [0, 0.05) is 5.56 Å². The van der Waals surface area contributed by atoms with Crippen molar-refractivity contribution in [2.45, 2.75) is 4.83 Å². The van der Waals surface area contributed by atoms with Gasteiger partial charge in [0.25, 0.3) is 0 Å². The molecule has 1 unspecified atom stereocenters. The molecule has 0 aliphatic rings. The molecule has 0 radical (unpaired) electrons. The van der Waals surface area contributed by atoms with Gasteiger partial charge in [-0.05, 0) is 50.5 Å². The maximum Gasteiger partial charge on any atom is 0.137 e. The lowest BCUT2D eigenvalue weighted by molar-refractivity contribution is 0.583. The molecule has 3 rings (SSSR count). The fourth-order valence-electron chi connectivity index (χ4n) is 2.28. The van der Waals surface area contributed by atoms with Crippen LogP contribution in [0.5, 0.6) is 0 Å². The van der Waals surface area contributed by atoms with Gasteiger partial charge in [0.1, 0.15) is 11.6 Å². The van der Waals surface area contributed by atoms with Crippen LogP contribution in [-0.4, -0.2) is 0 Å². The molecule has 3 aromatic rings. The first-order valence-electron chi connectivity index (χ1n) is 6.33. The number of fused-ring (bicyclic) bond motifs is 1. The molecule has 0 aliphatic heterocycles. The highest BCUT2D eigenvalue weighted by Crippen LogP contribution is 2.35. The van der Waals surface area contributed by atoms with E-state index in [1.54, 1.807) is 0 Å². The molecule has 1 atom stereocenters. The summed E-state index contributed by atoms with van der Waals surface area (Å²) in [6.07, 6.45) is 0. The molecule has 21 heavy (non-hydrogen) atoms. The molecule has 106 valence electrons. The van der Waals surface area contributed by atoms with Crippen LogP contribution in [0.2, 0.25) is 0 Å². The number of hydrogen-bond donors (Lipinski definition) is 0. The van der Waals surface area contributed by atoms with E-state index in [0.717, 1.165) is 22.4 Å². The molecule has 0 bridgehead atoms. The van der Waals surface area contributed by atoms with Crippen LogP contribution in [0.25, 0.3) is 10.8 Å². The summed E-state index contributed by atoms with van der Waals surface area (Å²) in [6, 6.07) is 16.2. The van der Waals surface area contributed by atoms with Crippen molar-refractivity contribution in [1.29, 1.82) is 0 Å². The summed E-state index contributed by atoms with van der Waals surface area (Å²) in [5, 5.41) is 2.18. The monoisotopic (exact) mass is 410 g/mol. The predicted octanol–water partition coefficient (Wildman–Crippen LogP) is 6.36. The van der Waals surface area contributed by atoms with Gasteiger partial charge >= 0.3 is 0 Å². The first-order chi connectivity index (χ1) is 10.1. The fraction of sp³-hybridized carbons (Fsp3) is 0.0588. The number of rotatable bonds is 2. The molecule has 0 aromatic heterocycles. The lowest BCUT2D eigenvalue weighted by Gasteiger charge is -2.13. The quantitative estimate of drug-likeness (QED) is 0.339. The van der Waals surface area contributed by atoms with Gasteiger partial charge in [-0.2, -0.15) is 0 Å². The lowest BCUT2D eigenvalue weighted by atomic mass is 10.0. The van der Waals surface area contributed by atoms with Crippen LogP contribution in [0.3, 0.4) is 0 Å². The Balaban J connectivity index is 2.07. The topological polar surface area (TPSA) is 0 Å². The Hall–Kier alpha value is -1.26. The fourth-order valence-corrected chi connectivity index (χ4v) is 3.23. The second kappa shape index (κ2) is 5.85. The third-order valence-electron chi connectivity index (χ3n) is 3.38. The standard InChI is InChI=1S/C17H10Br2F2/c18-14-9-15(20)13(8-16(14)21)17(19)12-6-5-10-3-1-2-4-11(10)7-12/h1-9,17H. The molecule has 0 saturated carbocycles. The summed E-state index contributed by atoms with van der Waals surface area (Å²) in [5.74, 6) is -0.921. The molecular weight excluding hydrogens is 402 g/mol. The summed E-state index contributed by atoms with van der Waals surface area (Å²) < 4.78 is 27.8. The van der Waals surface area contributed by atoms with Crippen LogP contribution in [0.1, 0.15) is 16.0 Å². The van der Waals surface area contributed by atoms with Gasteiger partial charge in [0.05, 0.1) is 9.30 Å². The molecule has 0 N–H and O–H groups in total. The molecular formula is C17H10Br2F2. The zero-order chi connectivity index (χ0) is 15.0. The van der Waals surface area contributed by atoms with E-state index in [2.05, 4.69) is 31.9 Å². The lowest BCUT2D eigenvalue weighted by Crippen LogP contribution is -1.98. The first-order valence-corrected chi connectivity index (χ1v) is 8.04. The summed E-state index contributed by atoms with van der Waals surface area (Å²) >= 11 is 6.46. The molecule has 0 saturated heterocycles. The van der Waals surface area contributed by atoms with E-state index in [-0.39, 0.29) is 10.0 Å². The molecule has 0 aliphatic carbocycles. The van der Waals surface area contributed by atoms with Gasteiger partial charge in [0.2, 0.25) is 0 Å². The van der Waals surface area contributed by atoms with Gasteiger partial charge in [-0.3, -0.25) is 0 Å². The molecule has 0 heterocycles. The average Bonchev–Trinajstić information content (AvgIpc) is 2.50. The number of halogens is 4. The van der Waals surface area contributed by atoms with Crippen molar-refractivity contribution in [2.24, 2.45) is 0 Å². The van der Waals surface area contributed by atoms with Crippen molar-refractivity contribution in [3.63, 3.8) is 0 Å². The van der Waals surface area contributed by atoms with Crippen molar-refractivity contribution in [2.75, 3.05) is 0 Å². The van der Waals surface area contributed by atoms with Crippen molar-refractivity contribution in [3.05, 3.63) is 81.8 Å². The Kier molecular flexibility index (Phi) is 4.09. The maximum atomic E-state index is 14.1. The SMILES string of the molecule is Fc1cc(C(Br)c2ccc3ccccc3c2)c(F)cc1Br. The minimum absolute atomic E-state index is 0.127. The molecule has 3 aromatic carbocycles. The zero-order valence-electron chi connectivity index (χ0n) is 10.8. The van der Waals surface area contributed by atoms with Gasteiger partial charge in [0.15, 0.2) is 0 Å². The van der Waals surface area contributed by atoms with E-state index in [4.69, 9.17) is 0 Å². The predicted molar refractivity (Wildman–Crippen MR) is 88.8 cm³/mol. The Bertz CT molecular complexity index is 815. The summed E-state index contributed by atoms with van der Waals surface area (Å²) in [5.41, 5.74) is 1.17. The van der Waals surface area contributed by atoms with Crippen LogP contribution in [-0.2, 0) is 0 Å². The van der Waals surface area contributed by atoms with E-state index in [1.807, 2.05) is 42.5 Å². The number of benzene rings is 3. The summed E-state index contributed by atoms with van der Waals surface area (Å²) in [4.78, 5) is -0.398. The number of alkyl halides is 1. The van der Waals surface area contributed by atoms with E-state index in [9.17, 15) is 8.78 Å². The Morgan fingerprint density at radius 3 is 2.29 bits per heavy atom. The Labute approximate surface area is 138 Å². The molecule has 0 amide bonds. The van der Waals surface area contributed by atoms with Crippen LogP contribution in [0.4, 0.5) is 8.78 Å². The Morgan fingerprint density at radius 1 is 0.810 bits per heavy atom. The normalized spacial score (nSPS) is 12.6. The Morgan fingerprint density at radius 2 is 1.52 bits per heavy atom. The summed E-state index contributed by atoms with van der Waals surface area (Å²) in [6.45, 7) is 0. The van der Waals surface area contributed by atoms with Crippen LogP contribution < -0.4 is 0 Å². The molecule has 0 spiro atoms. The van der Waals surface area contributed by atoms with E-state index in [0.29, 0.717) is 0 Å². The molecule has 0 nitrogen and oxygen atoms in total. The van der Waals surface area contributed by atoms with Crippen LogP contribution in [0, 0.1) is 11.6 Å². The largest absolute Gasteiger partial charge is 0.207 e. The van der Waals surface area contributed by atoms with Gasteiger partial charge < -0.3 is 0 Å². The highest BCUT2D eigenvalue weighted by atomic mass is 79.9. The summed E-state index contributed by atoms with van der Waals surface area (Å²) in [7, 11) is 0. The first kappa shape index (κ1) is 14.7. The van der Waals surface area contributed by atoms with Crippen molar-refractivity contribution in [1.82, 2.24) is 0 Å². The highest BCUT2D eigenvalue weighted by molar-refractivity contribution is 9.10. The van der Waals surface area contributed by atoms with Crippen molar-refractivity contribution in [3.8, 4) is 0 Å². The zero-order valence-corrected chi connectivity index (χ0v) is 14.0. The van der Waals surface area contributed by atoms with Crippen molar-refractivity contribution >= 4 is 42.6 Å². The second-order valence-electron chi connectivity index (χ2n) is 4.76. The van der Waals surface area contributed by atoms with E-state index in [1.165, 1.54) is 6.07 Å². The highest BCUT2D eigenvalue weighted by Gasteiger charge is 2.17. The third kappa shape index (κ3) is 2.87. The van der Waals surface area contributed by atoms with E-state index < -0.39 is 16.5 Å². The minimum atomic E-state index is -0.475.